The van der Waals surface area contributed by atoms with E-state index in [1.54, 1.807) is 11.0 Å². The van der Waals surface area contributed by atoms with Crippen molar-refractivity contribution in [3.63, 3.8) is 0 Å². The van der Waals surface area contributed by atoms with Gasteiger partial charge in [0.25, 0.3) is 0 Å². The third kappa shape index (κ3) is 4.23. The first-order valence-electron chi connectivity index (χ1n) is 7.63. The van der Waals surface area contributed by atoms with Gasteiger partial charge in [-0.25, -0.2) is 9.67 Å². The number of para-hydroxylation sites is 1. The SMILES string of the molecule is Cc1ccccc1CNC(=O)CSc1ncn(-c2ccccc2)n1. The van der Waals surface area contributed by atoms with Crippen LogP contribution in [-0.4, -0.2) is 26.4 Å². The molecule has 1 heterocycles. The van der Waals surface area contributed by atoms with Crippen molar-refractivity contribution in [1.82, 2.24) is 20.1 Å². The average Bonchev–Trinajstić information content (AvgIpc) is 3.09. The molecule has 0 aliphatic rings. The smallest absolute Gasteiger partial charge is 0.230 e. The molecule has 0 fully saturated rings. The van der Waals surface area contributed by atoms with Crippen molar-refractivity contribution in [2.75, 3.05) is 5.75 Å². The largest absolute Gasteiger partial charge is 0.351 e. The van der Waals surface area contributed by atoms with Gasteiger partial charge >= 0.3 is 0 Å². The first-order valence-corrected chi connectivity index (χ1v) is 8.62. The second kappa shape index (κ2) is 7.79. The van der Waals surface area contributed by atoms with Crippen LogP contribution < -0.4 is 5.32 Å². The highest BCUT2D eigenvalue weighted by atomic mass is 32.2. The molecule has 2 aromatic carbocycles. The van der Waals surface area contributed by atoms with Crippen molar-refractivity contribution in [3.8, 4) is 5.69 Å². The van der Waals surface area contributed by atoms with Gasteiger partial charge in [-0.1, -0.05) is 54.2 Å². The first-order chi connectivity index (χ1) is 11.7. The van der Waals surface area contributed by atoms with Crippen LogP contribution in [0.5, 0.6) is 0 Å². The summed E-state index contributed by atoms with van der Waals surface area (Å²) in [6.07, 6.45) is 1.66. The Kier molecular flexibility index (Phi) is 5.28. The van der Waals surface area contributed by atoms with Gasteiger partial charge < -0.3 is 5.32 Å². The number of amides is 1. The number of aryl methyl sites for hydroxylation is 1. The normalized spacial score (nSPS) is 10.5. The fourth-order valence-corrected chi connectivity index (χ4v) is 2.83. The molecule has 1 amide bonds. The molecular weight excluding hydrogens is 320 g/mol. The predicted octanol–water partition coefficient (Wildman–Crippen LogP) is 2.98. The second-order valence-electron chi connectivity index (χ2n) is 5.30. The number of benzene rings is 2. The number of hydrogen-bond donors (Lipinski definition) is 1. The zero-order chi connectivity index (χ0) is 16.8. The van der Waals surface area contributed by atoms with Crippen LogP contribution in [0.25, 0.3) is 5.69 Å². The summed E-state index contributed by atoms with van der Waals surface area (Å²) in [4.78, 5) is 16.2. The Morgan fingerprint density at radius 2 is 1.88 bits per heavy atom. The summed E-state index contributed by atoms with van der Waals surface area (Å²) in [5.41, 5.74) is 3.25. The molecule has 0 atom stereocenters. The van der Waals surface area contributed by atoms with E-state index in [2.05, 4.69) is 15.4 Å². The number of nitrogens with zero attached hydrogens (tertiary/aromatic N) is 3. The highest BCUT2D eigenvalue weighted by molar-refractivity contribution is 7.99. The lowest BCUT2D eigenvalue weighted by Crippen LogP contribution is -2.24. The zero-order valence-electron chi connectivity index (χ0n) is 13.3. The number of nitrogens with one attached hydrogen (secondary N) is 1. The monoisotopic (exact) mass is 338 g/mol. The number of aromatic nitrogens is 3. The van der Waals surface area contributed by atoms with Crippen molar-refractivity contribution in [1.29, 1.82) is 0 Å². The van der Waals surface area contributed by atoms with Gasteiger partial charge in [-0.2, -0.15) is 0 Å². The minimum Gasteiger partial charge on any atom is -0.351 e. The fourth-order valence-electron chi connectivity index (χ4n) is 2.20. The summed E-state index contributed by atoms with van der Waals surface area (Å²) in [5.74, 6) is 0.268. The number of thioether (sulfide) groups is 1. The van der Waals surface area contributed by atoms with Crippen LogP contribution in [-0.2, 0) is 11.3 Å². The van der Waals surface area contributed by atoms with Crippen molar-refractivity contribution in [2.45, 2.75) is 18.6 Å². The molecule has 6 heteroatoms. The molecule has 3 aromatic rings. The van der Waals surface area contributed by atoms with Crippen LogP contribution in [0.1, 0.15) is 11.1 Å². The Labute approximate surface area is 145 Å². The van der Waals surface area contributed by atoms with Gasteiger partial charge in [0.1, 0.15) is 6.33 Å². The van der Waals surface area contributed by atoms with E-state index < -0.39 is 0 Å². The molecule has 0 saturated heterocycles. The molecule has 0 bridgehead atoms. The Morgan fingerprint density at radius 3 is 2.67 bits per heavy atom. The molecule has 0 aliphatic heterocycles. The fraction of sp³-hybridized carbons (Fsp3) is 0.167. The molecule has 0 aliphatic carbocycles. The quantitative estimate of drug-likeness (QED) is 0.702. The van der Waals surface area contributed by atoms with Crippen LogP contribution in [0.4, 0.5) is 0 Å². The molecule has 3 rings (SSSR count). The van der Waals surface area contributed by atoms with Crippen LogP contribution in [0, 0.1) is 6.92 Å². The maximum atomic E-state index is 12.0. The van der Waals surface area contributed by atoms with Crippen LogP contribution in [0.2, 0.25) is 0 Å². The van der Waals surface area contributed by atoms with E-state index in [9.17, 15) is 4.79 Å². The highest BCUT2D eigenvalue weighted by Gasteiger charge is 2.08. The summed E-state index contributed by atoms with van der Waals surface area (Å²) in [7, 11) is 0. The van der Waals surface area contributed by atoms with Gasteiger partial charge in [-0.3, -0.25) is 4.79 Å². The van der Waals surface area contributed by atoms with E-state index in [1.807, 2.05) is 61.5 Å². The van der Waals surface area contributed by atoms with E-state index in [1.165, 1.54) is 17.3 Å². The van der Waals surface area contributed by atoms with Gasteiger partial charge in [0.15, 0.2) is 0 Å². The molecule has 1 N–H and O–H groups in total. The van der Waals surface area contributed by atoms with E-state index in [0.717, 1.165) is 11.3 Å². The lowest BCUT2D eigenvalue weighted by molar-refractivity contribution is -0.118. The Hall–Kier alpha value is -2.60. The molecular formula is C18H18N4OS. The van der Waals surface area contributed by atoms with Crippen LogP contribution >= 0.6 is 11.8 Å². The van der Waals surface area contributed by atoms with E-state index in [-0.39, 0.29) is 5.91 Å². The van der Waals surface area contributed by atoms with Crippen molar-refractivity contribution >= 4 is 17.7 Å². The maximum Gasteiger partial charge on any atom is 0.230 e. The molecule has 0 saturated carbocycles. The lowest BCUT2D eigenvalue weighted by atomic mass is 10.1. The first kappa shape index (κ1) is 16.3. The summed E-state index contributed by atoms with van der Waals surface area (Å²) in [6, 6.07) is 17.8. The van der Waals surface area contributed by atoms with Crippen LogP contribution in [0.3, 0.4) is 0 Å². The standard InChI is InChI=1S/C18H18N4OS/c1-14-7-5-6-8-15(14)11-19-17(23)12-24-18-20-13-22(21-18)16-9-3-2-4-10-16/h2-10,13H,11-12H2,1H3,(H,19,23). The molecule has 24 heavy (non-hydrogen) atoms. The minimum absolute atomic E-state index is 0.0284. The average molecular weight is 338 g/mol. The molecule has 0 radical (unpaired) electrons. The third-order valence-electron chi connectivity index (χ3n) is 3.56. The molecule has 5 nitrogen and oxygen atoms in total. The summed E-state index contributed by atoms with van der Waals surface area (Å²) in [5, 5.41) is 7.89. The van der Waals surface area contributed by atoms with Gasteiger partial charge in [-0.05, 0) is 30.2 Å². The Balaban J connectivity index is 1.50. The van der Waals surface area contributed by atoms with Gasteiger partial charge in [0.2, 0.25) is 11.1 Å². The molecule has 0 unspecified atom stereocenters. The Bertz CT molecular complexity index is 817. The van der Waals surface area contributed by atoms with Gasteiger partial charge in [-0.15, -0.1) is 5.10 Å². The number of carbonyl (C=O) groups excluding carboxylic acids is 1. The second-order valence-corrected chi connectivity index (χ2v) is 6.24. The summed E-state index contributed by atoms with van der Waals surface area (Å²) in [6.45, 7) is 2.58. The lowest BCUT2D eigenvalue weighted by Gasteiger charge is -2.07. The molecule has 0 spiro atoms. The van der Waals surface area contributed by atoms with Gasteiger partial charge in [0, 0.05) is 6.54 Å². The van der Waals surface area contributed by atoms with Crippen LogP contribution in [0.15, 0.2) is 66.1 Å². The van der Waals surface area contributed by atoms with E-state index >= 15 is 0 Å². The molecule has 122 valence electrons. The summed E-state index contributed by atoms with van der Waals surface area (Å²) >= 11 is 1.33. The highest BCUT2D eigenvalue weighted by Crippen LogP contribution is 2.14. The van der Waals surface area contributed by atoms with E-state index in [4.69, 9.17) is 0 Å². The predicted molar refractivity (Wildman–Crippen MR) is 95.1 cm³/mol. The zero-order valence-corrected chi connectivity index (χ0v) is 14.2. The molecule has 1 aromatic heterocycles. The van der Waals surface area contributed by atoms with E-state index in [0.29, 0.717) is 17.5 Å². The van der Waals surface area contributed by atoms with Gasteiger partial charge in [0.05, 0.1) is 11.4 Å². The van der Waals surface area contributed by atoms with Crippen molar-refractivity contribution in [3.05, 3.63) is 72.1 Å². The topological polar surface area (TPSA) is 59.8 Å². The van der Waals surface area contributed by atoms with Crippen molar-refractivity contribution in [2.24, 2.45) is 0 Å². The van der Waals surface area contributed by atoms with Crippen molar-refractivity contribution < 1.29 is 4.79 Å². The number of carbonyl (C=O) groups is 1. The third-order valence-corrected chi connectivity index (χ3v) is 4.41. The Morgan fingerprint density at radius 1 is 1.12 bits per heavy atom. The summed E-state index contributed by atoms with van der Waals surface area (Å²) < 4.78 is 1.70. The maximum absolute atomic E-state index is 12.0. The minimum atomic E-state index is -0.0284. The number of hydrogen-bond acceptors (Lipinski definition) is 4. The number of rotatable bonds is 6.